The van der Waals surface area contributed by atoms with Crippen LogP contribution in [0.1, 0.15) is 57.8 Å². The number of aliphatic hydroxyl groups is 3. The van der Waals surface area contributed by atoms with Gasteiger partial charge < -0.3 is 29.5 Å². The monoisotopic (exact) mass is 316 g/mol. The molecule has 0 amide bonds. The smallest absolute Gasteiger partial charge is 0.169 e. The summed E-state index contributed by atoms with van der Waals surface area (Å²) in [5.74, 6) is -1.56. The van der Waals surface area contributed by atoms with Crippen molar-refractivity contribution in [3.05, 3.63) is 0 Å². The summed E-state index contributed by atoms with van der Waals surface area (Å²) in [5, 5.41) is 30.4. The molecule has 1 aliphatic heterocycles. The van der Waals surface area contributed by atoms with Gasteiger partial charge in [0, 0.05) is 25.7 Å². The van der Waals surface area contributed by atoms with Crippen LogP contribution in [0.4, 0.5) is 0 Å². The zero-order chi connectivity index (χ0) is 15.6. The lowest BCUT2D eigenvalue weighted by Crippen LogP contribution is -2.41. The normalized spacial score (nSPS) is 32.6. The summed E-state index contributed by atoms with van der Waals surface area (Å²) in [5.41, 5.74) is 0. The van der Waals surface area contributed by atoms with Crippen molar-refractivity contribution in [2.75, 3.05) is 13.2 Å². The third-order valence-corrected chi connectivity index (χ3v) is 5.19. The molecule has 0 aromatic heterocycles. The zero-order valence-corrected chi connectivity index (χ0v) is 13.1. The lowest BCUT2D eigenvalue weighted by Gasteiger charge is -2.27. The van der Waals surface area contributed by atoms with Crippen molar-refractivity contribution in [1.82, 2.24) is 0 Å². The Balaban J connectivity index is 1.41. The minimum Gasteiger partial charge on any atom is -0.390 e. The van der Waals surface area contributed by atoms with E-state index in [9.17, 15) is 15.3 Å². The van der Waals surface area contributed by atoms with Gasteiger partial charge in [-0.25, -0.2) is 0 Å². The third-order valence-electron chi connectivity index (χ3n) is 5.19. The Hall–Kier alpha value is -0.240. The molecule has 3 aliphatic rings. The first-order valence-corrected chi connectivity index (χ1v) is 8.56. The van der Waals surface area contributed by atoms with Crippen LogP contribution in [0.15, 0.2) is 0 Å². The molecule has 3 N–H and O–H groups in total. The molecule has 0 radical (unpaired) electrons. The summed E-state index contributed by atoms with van der Waals surface area (Å²) in [6.07, 6.45) is 4.99. The van der Waals surface area contributed by atoms with Gasteiger partial charge in [-0.2, -0.15) is 0 Å². The van der Waals surface area contributed by atoms with E-state index in [-0.39, 0.29) is 13.0 Å². The molecule has 3 atom stereocenters. The molecule has 1 saturated heterocycles. The van der Waals surface area contributed by atoms with Crippen molar-refractivity contribution in [2.24, 2.45) is 0 Å². The van der Waals surface area contributed by atoms with E-state index in [0.29, 0.717) is 19.4 Å². The van der Waals surface area contributed by atoms with Crippen molar-refractivity contribution in [1.29, 1.82) is 0 Å². The Kier molecular flexibility index (Phi) is 5.07. The van der Waals surface area contributed by atoms with E-state index in [0.717, 1.165) is 38.5 Å². The average Bonchev–Trinajstić information content (AvgIpc) is 3.22. The predicted molar refractivity (Wildman–Crippen MR) is 78.0 cm³/mol. The summed E-state index contributed by atoms with van der Waals surface area (Å²) in [4.78, 5) is 0. The lowest BCUT2D eigenvalue weighted by atomic mass is 10.1. The topological polar surface area (TPSA) is 88.4 Å². The molecule has 1 heterocycles. The van der Waals surface area contributed by atoms with Gasteiger partial charge in [-0.05, 0) is 32.1 Å². The van der Waals surface area contributed by atoms with E-state index in [1.165, 1.54) is 0 Å². The molecule has 3 rings (SSSR count). The zero-order valence-electron chi connectivity index (χ0n) is 13.1. The Bertz CT molecular complexity index is 362. The Morgan fingerprint density at radius 1 is 1.05 bits per heavy atom. The highest BCUT2D eigenvalue weighted by molar-refractivity contribution is 4.88. The molecule has 6 nitrogen and oxygen atoms in total. The maximum absolute atomic E-state index is 10.2. The number of aliphatic hydroxyl groups excluding tert-OH is 2. The van der Waals surface area contributed by atoms with E-state index in [1.54, 1.807) is 0 Å². The molecular formula is C16H28O6. The molecule has 2 aliphatic carbocycles. The molecule has 128 valence electrons. The number of ether oxygens (including phenoxy) is 3. The van der Waals surface area contributed by atoms with Gasteiger partial charge in [-0.15, -0.1) is 0 Å². The van der Waals surface area contributed by atoms with Gasteiger partial charge >= 0.3 is 0 Å². The molecule has 0 bridgehead atoms. The van der Waals surface area contributed by atoms with E-state index in [4.69, 9.17) is 14.2 Å². The Morgan fingerprint density at radius 3 is 2.36 bits per heavy atom. The molecule has 22 heavy (non-hydrogen) atoms. The second kappa shape index (κ2) is 6.71. The molecule has 0 aromatic rings. The second-order valence-electron chi connectivity index (χ2n) is 6.93. The molecular weight excluding hydrogens is 288 g/mol. The fraction of sp³-hybridized carbons (Fsp3) is 1.00. The first kappa shape index (κ1) is 16.6. The molecule has 3 fully saturated rings. The summed E-state index contributed by atoms with van der Waals surface area (Å²) < 4.78 is 17.1. The molecule has 1 unspecified atom stereocenters. The van der Waals surface area contributed by atoms with Crippen LogP contribution < -0.4 is 0 Å². The highest BCUT2D eigenvalue weighted by Gasteiger charge is 2.46. The maximum Gasteiger partial charge on any atom is 0.169 e. The van der Waals surface area contributed by atoms with Crippen molar-refractivity contribution in [3.63, 3.8) is 0 Å². The fourth-order valence-electron chi connectivity index (χ4n) is 3.78. The van der Waals surface area contributed by atoms with E-state index >= 15 is 0 Å². The van der Waals surface area contributed by atoms with E-state index < -0.39 is 29.9 Å². The lowest BCUT2D eigenvalue weighted by molar-refractivity contribution is -0.205. The van der Waals surface area contributed by atoms with Crippen molar-refractivity contribution >= 4 is 0 Å². The SMILES string of the molecule is O[C@@H](CCOC1(O)CCCC1)[C@@H](O)C1COC2(CCCC2)O1. The maximum atomic E-state index is 10.2. The first-order chi connectivity index (χ1) is 10.5. The quantitative estimate of drug-likeness (QED) is 0.635. The Morgan fingerprint density at radius 2 is 1.68 bits per heavy atom. The second-order valence-corrected chi connectivity index (χ2v) is 6.93. The first-order valence-electron chi connectivity index (χ1n) is 8.56. The molecule has 0 aromatic carbocycles. The summed E-state index contributed by atoms with van der Waals surface area (Å²) in [7, 11) is 0. The van der Waals surface area contributed by atoms with Crippen LogP contribution in [-0.2, 0) is 14.2 Å². The molecule has 1 spiro atoms. The molecule has 2 saturated carbocycles. The van der Waals surface area contributed by atoms with Crippen LogP contribution in [0.5, 0.6) is 0 Å². The van der Waals surface area contributed by atoms with Gasteiger partial charge in [0.2, 0.25) is 0 Å². The van der Waals surface area contributed by atoms with Crippen molar-refractivity contribution < 1.29 is 29.5 Å². The average molecular weight is 316 g/mol. The van der Waals surface area contributed by atoms with Gasteiger partial charge in [-0.1, -0.05) is 0 Å². The standard InChI is InChI=1S/C16H28O6/c17-12(5-10-20-15(19)6-1-2-7-15)14(18)13-11-21-16(22-13)8-3-4-9-16/h12-14,17-19H,1-11H2/t12-,13?,14+/m0/s1. The summed E-state index contributed by atoms with van der Waals surface area (Å²) in [6.45, 7) is 0.552. The van der Waals surface area contributed by atoms with Gasteiger partial charge in [0.1, 0.15) is 12.2 Å². The van der Waals surface area contributed by atoms with Crippen LogP contribution in [0, 0.1) is 0 Å². The van der Waals surface area contributed by atoms with Crippen molar-refractivity contribution in [2.45, 2.75) is 87.7 Å². The fourth-order valence-corrected chi connectivity index (χ4v) is 3.78. The van der Waals surface area contributed by atoms with Crippen LogP contribution in [-0.4, -0.2) is 58.4 Å². The number of hydrogen-bond donors (Lipinski definition) is 3. The summed E-state index contributed by atoms with van der Waals surface area (Å²) in [6, 6.07) is 0. The van der Waals surface area contributed by atoms with Crippen LogP contribution in [0.25, 0.3) is 0 Å². The van der Waals surface area contributed by atoms with Crippen LogP contribution in [0.3, 0.4) is 0 Å². The minimum atomic E-state index is -1.04. The predicted octanol–water partition coefficient (Wildman–Crippen LogP) is 1.06. The minimum absolute atomic E-state index is 0.230. The Labute approximate surface area is 131 Å². The van der Waals surface area contributed by atoms with Gasteiger partial charge in [0.25, 0.3) is 0 Å². The number of hydrogen-bond acceptors (Lipinski definition) is 6. The largest absolute Gasteiger partial charge is 0.390 e. The van der Waals surface area contributed by atoms with Gasteiger partial charge in [-0.3, -0.25) is 0 Å². The summed E-state index contributed by atoms with van der Waals surface area (Å²) >= 11 is 0. The van der Waals surface area contributed by atoms with Gasteiger partial charge in [0.05, 0.1) is 19.3 Å². The van der Waals surface area contributed by atoms with Crippen LogP contribution in [0.2, 0.25) is 0 Å². The van der Waals surface area contributed by atoms with Gasteiger partial charge in [0.15, 0.2) is 11.6 Å². The van der Waals surface area contributed by atoms with Crippen LogP contribution >= 0.6 is 0 Å². The highest BCUT2D eigenvalue weighted by Crippen LogP contribution is 2.40. The van der Waals surface area contributed by atoms with E-state index in [2.05, 4.69) is 0 Å². The highest BCUT2D eigenvalue weighted by atomic mass is 16.7. The van der Waals surface area contributed by atoms with E-state index in [1.807, 2.05) is 0 Å². The molecule has 6 heteroatoms. The third kappa shape index (κ3) is 3.63. The number of rotatable bonds is 6. The van der Waals surface area contributed by atoms with Crippen molar-refractivity contribution in [3.8, 4) is 0 Å².